The van der Waals surface area contributed by atoms with E-state index in [1.807, 2.05) is 33.0 Å². The van der Waals surface area contributed by atoms with Gasteiger partial charge in [0.1, 0.15) is 0 Å². The van der Waals surface area contributed by atoms with Crippen molar-refractivity contribution in [2.75, 3.05) is 6.54 Å². The first kappa shape index (κ1) is 13.6. The second kappa shape index (κ2) is 5.05. The van der Waals surface area contributed by atoms with Crippen molar-refractivity contribution in [3.05, 3.63) is 36.0 Å². The van der Waals surface area contributed by atoms with Gasteiger partial charge in [0.25, 0.3) is 0 Å². The Morgan fingerprint density at radius 3 is 2.74 bits per heavy atom. The summed E-state index contributed by atoms with van der Waals surface area (Å²) in [4.78, 5) is 11.3. The quantitative estimate of drug-likeness (QED) is 0.860. The lowest BCUT2D eigenvalue weighted by Gasteiger charge is -2.20. The SMILES string of the molecule is Cn1cc(CNCC(C)(C)C(N)=O)c2ccccc21. The minimum atomic E-state index is -0.523. The van der Waals surface area contributed by atoms with Crippen LogP contribution in [0.4, 0.5) is 0 Å². The van der Waals surface area contributed by atoms with Crippen LogP contribution < -0.4 is 11.1 Å². The third-order valence-corrected chi connectivity index (χ3v) is 3.53. The zero-order valence-corrected chi connectivity index (χ0v) is 11.7. The van der Waals surface area contributed by atoms with Crippen LogP contribution in [0.3, 0.4) is 0 Å². The van der Waals surface area contributed by atoms with Gasteiger partial charge in [0.15, 0.2) is 0 Å². The highest BCUT2D eigenvalue weighted by molar-refractivity contribution is 5.84. The van der Waals surface area contributed by atoms with Gasteiger partial charge in [-0.1, -0.05) is 18.2 Å². The number of carbonyl (C=O) groups excluding carboxylic acids is 1. The second-order valence-corrected chi connectivity index (χ2v) is 5.63. The molecule has 4 nitrogen and oxygen atoms in total. The summed E-state index contributed by atoms with van der Waals surface area (Å²) in [7, 11) is 2.04. The molecule has 0 aliphatic heterocycles. The number of rotatable bonds is 5. The van der Waals surface area contributed by atoms with E-state index in [0.717, 1.165) is 6.54 Å². The fraction of sp³-hybridized carbons (Fsp3) is 0.400. The lowest BCUT2D eigenvalue weighted by molar-refractivity contribution is -0.125. The van der Waals surface area contributed by atoms with Gasteiger partial charge < -0.3 is 15.6 Å². The molecule has 0 saturated heterocycles. The minimum Gasteiger partial charge on any atom is -0.369 e. The summed E-state index contributed by atoms with van der Waals surface area (Å²) in [6.45, 7) is 5.01. The summed E-state index contributed by atoms with van der Waals surface area (Å²) in [5.41, 5.74) is 7.29. The number of amides is 1. The number of hydrogen-bond donors (Lipinski definition) is 2. The van der Waals surface area contributed by atoms with E-state index in [2.05, 4.69) is 28.2 Å². The first-order valence-electron chi connectivity index (χ1n) is 6.45. The zero-order chi connectivity index (χ0) is 14.0. The van der Waals surface area contributed by atoms with Gasteiger partial charge in [-0.15, -0.1) is 0 Å². The van der Waals surface area contributed by atoms with Crippen molar-refractivity contribution < 1.29 is 4.79 Å². The summed E-state index contributed by atoms with van der Waals surface area (Å²) in [5, 5.41) is 4.56. The highest BCUT2D eigenvalue weighted by Crippen LogP contribution is 2.20. The second-order valence-electron chi connectivity index (χ2n) is 5.63. The molecule has 3 N–H and O–H groups in total. The van der Waals surface area contributed by atoms with Crippen LogP contribution in [0.2, 0.25) is 0 Å². The van der Waals surface area contributed by atoms with Crippen LogP contribution in [0.1, 0.15) is 19.4 Å². The molecule has 0 fully saturated rings. The number of aromatic nitrogens is 1. The standard InChI is InChI=1S/C15H21N3O/c1-15(2,14(16)19)10-17-8-11-9-18(3)13-7-5-4-6-12(11)13/h4-7,9,17H,8,10H2,1-3H3,(H2,16,19). The lowest BCUT2D eigenvalue weighted by atomic mass is 9.93. The molecule has 0 aliphatic carbocycles. The van der Waals surface area contributed by atoms with E-state index in [9.17, 15) is 4.79 Å². The van der Waals surface area contributed by atoms with Crippen LogP contribution >= 0.6 is 0 Å². The minimum absolute atomic E-state index is 0.280. The number of fused-ring (bicyclic) bond motifs is 1. The molecule has 19 heavy (non-hydrogen) atoms. The maximum atomic E-state index is 11.3. The molecule has 0 saturated carbocycles. The molecule has 0 radical (unpaired) electrons. The maximum absolute atomic E-state index is 11.3. The Bertz CT molecular complexity index is 598. The van der Waals surface area contributed by atoms with Gasteiger partial charge in [0, 0.05) is 37.2 Å². The topological polar surface area (TPSA) is 60.1 Å². The largest absolute Gasteiger partial charge is 0.369 e. The molecule has 2 aromatic rings. The molecular weight excluding hydrogens is 238 g/mol. The van der Waals surface area contributed by atoms with E-state index in [4.69, 9.17) is 5.73 Å². The Balaban J connectivity index is 2.09. The highest BCUT2D eigenvalue weighted by Gasteiger charge is 2.24. The molecule has 4 heteroatoms. The van der Waals surface area contributed by atoms with Crippen LogP contribution in [-0.2, 0) is 18.4 Å². The molecule has 0 unspecified atom stereocenters. The number of aryl methyl sites for hydroxylation is 1. The van der Waals surface area contributed by atoms with Gasteiger partial charge in [-0.3, -0.25) is 4.79 Å². The number of nitrogens with zero attached hydrogens (tertiary/aromatic N) is 1. The van der Waals surface area contributed by atoms with Crippen molar-refractivity contribution in [1.29, 1.82) is 0 Å². The highest BCUT2D eigenvalue weighted by atomic mass is 16.1. The Labute approximate surface area is 113 Å². The van der Waals surface area contributed by atoms with Crippen molar-refractivity contribution in [1.82, 2.24) is 9.88 Å². The van der Waals surface area contributed by atoms with E-state index >= 15 is 0 Å². The number of para-hydroxylation sites is 1. The average molecular weight is 259 g/mol. The van der Waals surface area contributed by atoms with Crippen molar-refractivity contribution in [3.8, 4) is 0 Å². The van der Waals surface area contributed by atoms with E-state index in [1.165, 1.54) is 16.5 Å². The number of nitrogens with two attached hydrogens (primary N) is 1. The molecule has 0 atom stereocenters. The molecule has 1 aromatic heterocycles. The van der Waals surface area contributed by atoms with E-state index < -0.39 is 5.41 Å². The van der Waals surface area contributed by atoms with Crippen LogP contribution in [0.25, 0.3) is 10.9 Å². The van der Waals surface area contributed by atoms with E-state index in [0.29, 0.717) is 6.54 Å². The van der Waals surface area contributed by atoms with Crippen molar-refractivity contribution in [2.24, 2.45) is 18.2 Å². The maximum Gasteiger partial charge on any atom is 0.224 e. The first-order chi connectivity index (χ1) is 8.92. The van der Waals surface area contributed by atoms with Crippen molar-refractivity contribution in [3.63, 3.8) is 0 Å². The number of benzene rings is 1. The van der Waals surface area contributed by atoms with Crippen LogP contribution in [0.5, 0.6) is 0 Å². The Morgan fingerprint density at radius 1 is 1.37 bits per heavy atom. The van der Waals surface area contributed by atoms with Gasteiger partial charge in [0.05, 0.1) is 5.41 Å². The fourth-order valence-electron chi connectivity index (χ4n) is 2.16. The predicted octanol–water partition coefficient (Wildman–Crippen LogP) is 1.78. The summed E-state index contributed by atoms with van der Waals surface area (Å²) in [5.74, 6) is -0.280. The van der Waals surface area contributed by atoms with Crippen LogP contribution in [0.15, 0.2) is 30.5 Å². The Hall–Kier alpha value is -1.81. The van der Waals surface area contributed by atoms with Gasteiger partial charge in [-0.2, -0.15) is 0 Å². The van der Waals surface area contributed by atoms with Gasteiger partial charge in [-0.05, 0) is 25.5 Å². The average Bonchev–Trinajstić information content (AvgIpc) is 2.67. The van der Waals surface area contributed by atoms with Crippen molar-refractivity contribution >= 4 is 16.8 Å². The van der Waals surface area contributed by atoms with Crippen LogP contribution in [0, 0.1) is 5.41 Å². The first-order valence-corrected chi connectivity index (χ1v) is 6.45. The molecular formula is C15H21N3O. The summed E-state index contributed by atoms with van der Waals surface area (Å²) >= 11 is 0. The molecule has 2 rings (SSSR count). The smallest absolute Gasteiger partial charge is 0.224 e. The summed E-state index contributed by atoms with van der Waals surface area (Å²) < 4.78 is 2.12. The van der Waals surface area contributed by atoms with Gasteiger partial charge >= 0.3 is 0 Å². The Kier molecular flexibility index (Phi) is 3.62. The normalized spacial score (nSPS) is 11.9. The molecule has 1 amide bonds. The summed E-state index contributed by atoms with van der Waals surface area (Å²) in [6.07, 6.45) is 2.12. The number of hydrogen-bond acceptors (Lipinski definition) is 2. The molecule has 102 valence electrons. The molecule has 1 aromatic carbocycles. The Morgan fingerprint density at radius 2 is 2.05 bits per heavy atom. The summed E-state index contributed by atoms with van der Waals surface area (Å²) in [6, 6.07) is 8.30. The predicted molar refractivity (Wildman–Crippen MR) is 77.6 cm³/mol. The molecule has 0 bridgehead atoms. The van der Waals surface area contributed by atoms with Crippen LogP contribution in [-0.4, -0.2) is 17.0 Å². The zero-order valence-electron chi connectivity index (χ0n) is 11.7. The molecule has 0 aliphatic rings. The fourth-order valence-corrected chi connectivity index (χ4v) is 2.16. The number of carbonyl (C=O) groups is 1. The molecule has 1 heterocycles. The number of nitrogens with one attached hydrogen (secondary N) is 1. The van der Waals surface area contributed by atoms with Gasteiger partial charge in [-0.25, -0.2) is 0 Å². The monoisotopic (exact) mass is 259 g/mol. The molecule has 0 spiro atoms. The lowest BCUT2D eigenvalue weighted by Crippen LogP contribution is -2.40. The third-order valence-electron chi connectivity index (χ3n) is 3.53. The van der Waals surface area contributed by atoms with Crippen molar-refractivity contribution in [2.45, 2.75) is 20.4 Å². The number of primary amides is 1. The van der Waals surface area contributed by atoms with E-state index in [-0.39, 0.29) is 5.91 Å². The third kappa shape index (κ3) is 2.79. The van der Waals surface area contributed by atoms with Gasteiger partial charge in [0.2, 0.25) is 5.91 Å². The van der Waals surface area contributed by atoms with E-state index in [1.54, 1.807) is 0 Å².